The molecule has 524 valence electrons. The molecule has 0 saturated carbocycles. The highest BCUT2D eigenvalue weighted by atomic mass is 32.2. The summed E-state index contributed by atoms with van der Waals surface area (Å²) in [6.45, 7) is 12.9. The smallest absolute Gasteiger partial charge is 0.339 e. The van der Waals surface area contributed by atoms with Crippen LogP contribution in [-0.4, -0.2) is 177 Å². The van der Waals surface area contributed by atoms with Gasteiger partial charge in [0.05, 0.1) is 100 Å². The number of aromatic amines is 2. The topological polar surface area (TPSA) is 386 Å². The monoisotopic (exact) mass is 1410 g/mol. The van der Waals surface area contributed by atoms with Crippen LogP contribution < -0.4 is 18.9 Å². The summed E-state index contributed by atoms with van der Waals surface area (Å²) in [5, 5.41) is 58.9. The molecule has 0 radical (unpaired) electrons. The van der Waals surface area contributed by atoms with Gasteiger partial charge in [-0.3, -0.25) is 29.4 Å². The molecule has 8 heterocycles. The molecule has 0 spiro atoms. The SMILES string of the molecule is COc1ncc(-c2cc(-c3ncc(CN4C[C@@H](C)O[C@@H](C)C4)o3)c3cn[nH]c3c2)cc1NS(C)(=O)=O.COc1ncc(-c2cc(-c3ncc(CN4C[C@@H](C)O[C@@H](C)C4)o3)c3cn[nH]c3c2)cc1NS(C)(=O)=O.O=C(O)c1cc2ccccc2c(Cc2c(O)c(C(=O)O)cc3ccccc23)c1O. The third-order valence-electron chi connectivity index (χ3n) is 16.8. The average Bonchev–Trinajstić information content (AvgIpc) is 1.40. The van der Waals surface area contributed by atoms with E-state index in [1.807, 2.05) is 24.3 Å². The number of hydrogen-bond acceptors (Lipinski definition) is 22. The summed E-state index contributed by atoms with van der Waals surface area (Å²) < 4.78 is 86.7. The molecule has 12 aromatic rings. The van der Waals surface area contributed by atoms with E-state index in [1.54, 1.807) is 97.8 Å². The summed E-state index contributed by atoms with van der Waals surface area (Å²) in [6, 6.07) is 27.8. The lowest BCUT2D eigenvalue weighted by atomic mass is 9.90. The van der Waals surface area contributed by atoms with Crippen LogP contribution in [0.25, 0.3) is 88.5 Å². The maximum atomic E-state index is 11.8. The molecule has 2 saturated heterocycles. The normalized spacial score (nSPS) is 16.7. The summed E-state index contributed by atoms with van der Waals surface area (Å²) >= 11 is 0. The van der Waals surface area contributed by atoms with E-state index in [2.05, 4.69) is 87.3 Å². The molecule has 0 aliphatic carbocycles. The molecule has 0 bridgehead atoms. The Bertz CT molecular complexity index is 5000. The second-order valence-corrected chi connectivity index (χ2v) is 28.4. The summed E-state index contributed by atoms with van der Waals surface area (Å²) in [5.74, 6) is -0.524. The van der Waals surface area contributed by atoms with E-state index in [0.717, 1.165) is 94.3 Å². The fourth-order valence-corrected chi connectivity index (χ4v) is 13.9. The Balaban J connectivity index is 0.000000144. The molecule has 6 aromatic heterocycles. The Kier molecular flexibility index (Phi) is 20.1. The molecule has 2 aliphatic heterocycles. The summed E-state index contributed by atoms with van der Waals surface area (Å²) in [5.41, 5.74) is 6.63. The van der Waals surface area contributed by atoms with Crippen LogP contribution in [-0.2, 0) is 49.0 Å². The van der Waals surface area contributed by atoms with Gasteiger partial charge in [0.15, 0.2) is 0 Å². The number of benzene rings is 6. The number of methoxy groups -OCH3 is 2. The van der Waals surface area contributed by atoms with Crippen molar-refractivity contribution in [2.45, 2.75) is 71.6 Å². The second kappa shape index (κ2) is 29.0. The molecule has 0 amide bonds. The highest BCUT2D eigenvalue weighted by Gasteiger charge is 2.28. The number of morpholine rings is 2. The Hall–Kier alpha value is -11.0. The van der Waals surface area contributed by atoms with Crippen LogP contribution in [0, 0.1) is 0 Å². The van der Waals surface area contributed by atoms with E-state index < -0.39 is 43.5 Å². The zero-order chi connectivity index (χ0) is 71.6. The Morgan fingerprint density at radius 1 is 0.525 bits per heavy atom. The lowest BCUT2D eigenvalue weighted by molar-refractivity contribution is -0.0720. The first kappa shape index (κ1) is 69.9. The van der Waals surface area contributed by atoms with Crippen molar-refractivity contribution in [2.24, 2.45) is 0 Å². The van der Waals surface area contributed by atoms with Gasteiger partial charge < -0.3 is 48.2 Å². The molecule has 14 rings (SSSR count). The predicted molar refractivity (Wildman–Crippen MR) is 378 cm³/mol. The molecule has 30 heteroatoms. The van der Waals surface area contributed by atoms with Crippen molar-refractivity contribution < 1.29 is 74.6 Å². The van der Waals surface area contributed by atoms with Gasteiger partial charge in [-0.25, -0.2) is 46.4 Å². The van der Waals surface area contributed by atoms with Crippen LogP contribution in [0.5, 0.6) is 23.3 Å². The van der Waals surface area contributed by atoms with Crippen molar-refractivity contribution in [2.75, 3.05) is 62.4 Å². The molecule has 0 unspecified atom stereocenters. The van der Waals surface area contributed by atoms with Crippen molar-refractivity contribution in [1.29, 1.82) is 0 Å². The van der Waals surface area contributed by atoms with Gasteiger partial charge in [0, 0.05) is 89.1 Å². The van der Waals surface area contributed by atoms with Crippen LogP contribution in [0.4, 0.5) is 11.4 Å². The first-order chi connectivity index (χ1) is 48.2. The van der Waals surface area contributed by atoms with Crippen LogP contribution in [0.15, 0.2) is 143 Å². The number of nitrogens with one attached hydrogen (secondary N) is 4. The highest BCUT2D eigenvalue weighted by Crippen LogP contribution is 2.41. The van der Waals surface area contributed by atoms with Crippen molar-refractivity contribution in [3.63, 3.8) is 0 Å². The van der Waals surface area contributed by atoms with Gasteiger partial charge in [0.25, 0.3) is 0 Å². The standard InChI is InChI=1S/2C24H28N6O5S.C23H16O6/c2*1-14-11-30(12-15(2)34-14)13-18-9-26-23(35-18)19-5-16(6-21-20(19)10-27-28-21)17-7-22(29-36(4,31)32)24(33-3)25-8-17;24-20-16(14-7-3-1-5-12(14)9-18(20)22(26)27)11-17-15-8-4-2-6-13(15)10-19(21(17)25)23(28)29/h2*5-10,14-15,29H,11-13H2,1-4H3,(H,27,28);1-10,24-25H,11H2,(H,26,27)(H,28,29)/t2*14-,15+;. The van der Waals surface area contributed by atoms with Crippen LogP contribution in [0.2, 0.25) is 0 Å². The lowest BCUT2D eigenvalue weighted by Crippen LogP contribution is -2.44. The molecule has 101 heavy (non-hydrogen) atoms. The number of aromatic hydroxyl groups is 2. The number of ether oxygens (including phenoxy) is 4. The fraction of sp³-hybridized carbons (Fsp3) is 0.268. The maximum absolute atomic E-state index is 11.8. The molecular weight excluding hydrogens is 1340 g/mol. The third kappa shape index (κ3) is 16.0. The molecular formula is C71H72N12O16S2. The Morgan fingerprint density at radius 2 is 0.911 bits per heavy atom. The summed E-state index contributed by atoms with van der Waals surface area (Å²) in [6.07, 6.45) is 13.0. The number of H-pyrrole nitrogens is 2. The second-order valence-electron chi connectivity index (χ2n) is 24.9. The average molecular weight is 1410 g/mol. The fourth-order valence-electron chi connectivity index (χ4n) is 12.8. The maximum Gasteiger partial charge on any atom is 0.339 e. The van der Waals surface area contributed by atoms with Crippen LogP contribution >= 0.6 is 0 Å². The van der Waals surface area contributed by atoms with Crippen molar-refractivity contribution in [1.82, 2.24) is 50.1 Å². The quantitative estimate of drug-likeness (QED) is 0.0395. The number of carbonyl (C=O) groups is 2. The number of pyridine rings is 2. The lowest BCUT2D eigenvalue weighted by Gasteiger charge is -2.34. The van der Waals surface area contributed by atoms with Crippen molar-refractivity contribution in [3.05, 3.63) is 168 Å². The number of carboxylic acid groups (broad SMARTS) is 2. The highest BCUT2D eigenvalue weighted by molar-refractivity contribution is 7.92. The van der Waals surface area contributed by atoms with Crippen molar-refractivity contribution >= 4 is 86.7 Å². The summed E-state index contributed by atoms with van der Waals surface area (Å²) in [4.78, 5) is 45.5. The molecule has 4 atom stereocenters. The summed E-state index contributed by atoms with van der Waals surface area (Å²) in [7, 11) is -4.18. The minimum absolute atomic E-state index is 0.0407. The predicted octanol–water partition coefficient (Wildman–Crippen LogP) is 10.9. The number of anilines is 2. The Morgan fingerprint density at radius 3 is 1.28 bits per heavy atom. The number of carboxylic acids is 2. The minimum Gasteiger partial charge on any atom is -0.507 e. The van der Waals surface area contributed by atoms with Gasteiger partial charge >= 0.3 is 11.9 Å². The van der Waals surface area contributed by atoms with Crippen LogP contribution in [0.3, 0.4) is 0 Å². The number of aromatic nitrogens is 8. The van der Waals surface area contributed by atoms with Gasteiger partial charge in [0.2, 0.25) is 43.6 Å². The third-order valence-corrected chi connectivity index (χ3v) is 18.0. The number of aromatic carboxylic acids is 2. The number of oxazole rings is 2. The largest absolute Gasteiger partial charge is 0.507 e. The molecule has 6 aromatic carbocycles. The number of sulfonamides is 2. The first-order valence-corrected chi connectivity index (χ1v) is 35.6. The molecule has 8 N–H and O–H groups in total. The van der Waals surface area contributed by atoms with E-state index in [-0.39, 0.29) is 65.1 Å². The van der Waals surface area contributed by atoms with Crippen molar-refractivity contribution in [3.8, 4) is 68.4 Å². The van der Waals surface area contributed by atoms with Gasteiger partial charge in [0.1, 0.15) is 45.5 Å². The molecule has 28 nitrogen and oxygen atoms in total. The number of rotatable bonds is 18. The Labute approximate surface area is 579 Å². The molecule has 2 fully saturated rings. The van der Waals surface area contributed by atoms with Gasteiger partial charge in [-0.15, -0.1) is 0 Å². The minimum atomic E-state index is -3.53. The zero-order valence-electron chi connectivity index (χ0n) is 56.0. The van der Waals surface area contributed by atoms with Gasteiger partial charge in [-0.1, -0.05) is 48.5 Å². The van der Waals surface area contributed by atoms with E-state index in [1.165, 1.54) is 26.4 Å². The number of hydrogen-bond donors (Lipinski definition) is 8. The van der Waals surface area contributed by atoms with E-state index >= 15 is 0 Å². The van der Waals surface area contributed by atoms with E-state index in [4.69, 9.17) is 27.8 Å². The zero-order valence-corrected chi connectivity index (χ0v) is 57.7. The van der Waals surface area contributed by atoms with E-state index in [0.29, 0.717) is 68.7 Å². The number of nitrogens with zero attached hydrogens (tertiary/aromatic N) is 8. The molecule has 2 aliphatic rings. The number of fused-ring (bicyclic) bond motifs is 4. The van der Waals surface area contributed by atoms with Gasteiger partial charge in [-0.05, 0) is 109 Å². The first-order valence-electron chi connectivity index (χ1n) is 31.8. The number of phenols is 2. The van der Waals surface area contributed by atoms with E-state index in [9.17, 15) is 46.9 Å². The van der Waals surface area contributed by atoms with Crippen LogP contribution in [0.1, 0.15) is 71.1 Å². The van der Waals surface area contributed by atoms with Gasteiger partial charge in [-0.2, -0.15) is 10.2 Å².